The maximum Gasteiger partial charge on any atom is 0.433 e. The highest BCUT2D eigenvalue weighted by molar-refractivity contribution is 7.99. The molecule has 0 amide bonds. The molecule has 1 aromatic heterocycles. The number of rotatable bonds is 3. The second kappa shape index (κ2) is 5.58. The van der Waals surface area contributed by atoms with Gasteiger partial charge >= 0.3 is 6.18 Å². The quantitative estimate of drug-likeness (QED) is 0.861. The summed E-state index contributed by atoms with van der Waals surface area (Å²) in [5, 5.41) is -0.315. The van der Waals surface area contributed by atoms with Crippen molar-refractivity contribution in [3.8, 4) is 0 Å². The minimum Gasteiger partial charge on any atom is -0.251 e. The summed E-state index contributed by atoms with van der Waals surface area (Å²) in [4.78, 5) is 3.34. The molecule has 1 rings (SSSR count). The van der Waals surface area contributed by atoms with Gasteiger partial charge in [-0.1, -0.05) is 16.8 Å². The Balaban J connectivity index is 3.02. The molecule has 108 valence electrons. The van der Waals surface area contributed by atoms with Gasteiger partial charge in [0.15, 0.2) is 0 Å². The van der Waals surface area contributed by atoms with Crippen molar-refractivity contribution in [2.45, 2.75) is 18.3 Å². The van der Waals surface area contributed by atoms with Crippen LogP contribution < -0.4 is 0 Å². The zero-order chi connectivity index (χ0) is 14.8. The van der Waals surface area contributed by atoms with Crippen LogP contribution in [0.1, 0.15) is 23.4 Å². The lowest BCUT2D eigenvalue weighted by atomic mass is 10.2. The Morgan fingerprint density at radius 2 is 1.95 bits per heavy atom. The lowest BCUT2D eigenvalue weighted by Gasteiger charge is -2.13. The summed E-state index contributed by atoms with van der Waals surface area (Å²) in [7, 11) is -4.32. The van der Waals surface area contributed by atoms with Gasteiger partial charge in [0.2, 0.25) is 0 Å². The Bertz CT molecular complexity index is 580. The molecule has 0 aliphatic carbocycles. The third-order valence-corrected chi connectivity index (χ3v) is 5.63. The molecule has 2 atom stereocenters. The van der Waals surface area contributed by atoms with Crippen molar-refractivity contribution in [1.82, 2.24) is 4.98 Å². The highest BCUT2D eigenvalue weighted by atomic mass is 32.3. The second-order valence-corrected chi connectivity index (χ2v) is 7.76. The van der Waals surface area contributed by atoms with Gasteiger partial charge in [0.25, 0.3) is 10.0 Å². The number of alkyl halides is 3. The first-order valence-corrected chi connectivity index (χ1v) is 8.62. The molecule has 1 heterocycles. The Morgan fingerprint density at radius 3 is 2.32 bits per heavy atom. The molecule has 9 heteroatoms. The highest BCUT2D eigenvalue weighted by Gasteiger charge is 2.32. The molecular weight excluding hydrogens is 301 g/mol. The Labute approximate surface area is 112 Å². The van der Waals surface area contributed by atoms with Crippen molar-refractivity contribution in [3.05, 3.63) is 29.6 Å². The predicted octanol–water partition coefficient (Wildman–Crippen LogP) is 2.55. The summed E-state index contributed by atoms with van der Waals surface area (Å²) in [6.07, 6.45) is -0.779. The van der Waals surface area contributed by atoms with Crippen molar-refractivity contribution in [3.63, 3.8) is 0 Å². The number of halogens is 3. The van der Waals surface area contributed by atoms with Crippen LogP contribution in [-0.2, 0) is 26.9 Å². The molecule has 0 aliphatic rings. The Hall–Kier alpha value is -0.960. The monoisotopic (exact) mass is 314 g/mol. The second-order valence-electron chi connectivity index (χ2n) is 3.95. The fraction of sp³-hybridized carbons (Fsp3) is 0.500. The first-order valence-electron chi connectivity index (χ1n) is 5.11. The summed E-state index contributed by atoms with van der Waals surface area (Å²) in [5.74, 6) is 0. The van der Waals surface area contributed by atoms with E-state index in [1.165, 1.54) is 6.07 Å². The number of pyridine rings is 1. The van der Waals surface area contributed by atoms with E-state index in [0.717, 1.165) is 18.5 Å². The molecule has 4 nitrogen and oxygen atoms in total. The zero-order valence-corrected chi connectivity index (χ0v) is 12.1. The van der Waals surface area contributed by atoms with Crippen molar-refractivity contribution in [2.24, 2.45) is 3.77 Å². The van der Waals surface area contributed by atoms with E-state index >= 15 is 0 Å². The van der Waals surface area contributed by atoms with Crippen LogP contribution in [0.25, 0.3) is 0 Å². The zero-order valence-electron chi connectivity index (χ0n) is 10.5. The topological polar surface area (TPSA) is 59.4 Å². The third kappa shape index (κ3) is 4.90. The van der Waals surface area contributed by atoms with E-state index in [0.29, 0.717) is 5.56 Å². The van der Waals surface area contributed by atoms with Crippen LogP contribution in [-0.4, -0.2) is 25.9 Å². The molecule has 2 unspecified atom stereocenters. The first kappa shape index (κ1) is 16.1. The molecule has 0 aliphatic heterocycles. The summed E-state index contributed by atoms with van der Waals surface area (Å²) in [6.45, 7) is 1.70. The fourth-order valence-corrected chi connectivity index (χ4v) is 4.05. The van der Waals surface area contributed by atoms with E-state index in [4.69, 9.17) is 0 Å². The average molecular weight is 314 g/mol. The highest BCUT2D eigenvalue weighted by Crippen LogP contribution is 2.28. The van der Waals surface area contributed by atoms with Gasteiger partial charge in [-0.3, -0.25) is 4.98 Å². The van der Waals surface area contributed by atoms with Crippen molar-refractivity contribution in [2.75, 3.05) is 12.5 Å². The van der Waals surface area contributed by atoms with Crippen molar-refractivity contribution < 1.29 is 21.6 Å². The molecule has 0 saturated heterocycles. The van der Waals surface area contributed by atoms with E-state index in [1.807, 2.05) is 0 Å². The van der Waals surface area contributed by atoms with Crippen molar-refractivity contribution >= 4 is 20.7 Å². The van der Waals surface area contributed by atoms with E-state index in [-0.39, 0.29) is 5.25 Å². The number of hydrogen-bond acceptors (Lipinski definition) is 3. The molecule has 0 aromatic carbocycles. The minimum absolute atomic E-state index is 0.315. The number of nitrogens with zero attached hydrogens (tertiary/aromatic N) is 2. The predicted molar refractivity (Wildman–Crippen MR) is 68.2 cm³/mol. The first-order chi connectivity index (χ1) is 8.50. The van der Waals surface area contributed by atoms with Crippen LogP contribution >= 0.6 is 0 Å². The van der Waals surface area contributed by atoms with Crippen LogP contribution in [0.4, 0.5) is 13.2 Å². The molecule has 1 aromatic rings. The lowest BCUT2D eigenvalue weighted by molar-refractivity contribution is -0.141. The van der Waals surface area contributed by atoms with E-state index in [1.54, 1.807) is 13.2 Å². The average Bonchev–Trinajstić information content (AvgIpc) is 2.24. The van der Waals surface area contributed by atoms with Gasteiger partial charge in [0, 0.05) is 11.4 Å². The molecule has 0 bridgehead atoms. The van der Waals surface area contributed by atoms with Gasteiger partial charge in [-0.05, 0) is 24.8 Å². The number of sulfonamides is 1. The molecular formula is C10H13F3N2O2S2. The smallest absolute Gasteiger partial charge is 0.251 e. The van der Waals surface area contributed by atoms with Gasteiger partial charge in [-0.15, -0.1) is 3.77 Å². The molecule has 0 spiro atoms. The molecule has 0 saturated carbocycles. The van der Waals surface area contributed by atoms with Gasteiger partial charge in [0.05, 0.1) is 6.26 Å². The summed E-state index contributed by atoms with van der Waals surface area (Å²) in [5.41, 5.74) is -0.453. The van der Waals surface area contributed by atoms with E-state index in [2.05, 4.69) is 8.75 Å². The lowest BCUT2D eigenvalue weighted by Crippen LogP contribution is -2.09. The van der Waals surface area contributed by atoms with Gasteiger partial charge in [-0.25, -0.2) is 8.42 Å². The maximum absolute atomic E-state index is 12.3. The van der Waals surface area contributed by atoms with Crippen LogP contribution in [0.3, 0.4) is 0 Å². The summed E-state index contributed by atoms with van der Waals surface area (Å²) >= 11 is 0. The minimum atomic E-state index is -4.48. The molecule has 0 radical (unpaired) electrons. The van der Waals surface area contributed by atoms with Gasteiger partial charge in [0.1, 0.15) is 5.69 Å². The van der Waals surface area contributed by atoms with Crippen LogP contribution in [0.5, 0.6) is 0 Å². The summed E-state index contributed by atoms with van der Waals surface area (Å²) in [6, 6.07) is 2.17. The molecule has 0 N–H and O–H groups in total. The Kier molecular flexibility index (Phi) is 4.72. The van der Waals surface area contributed by atoms with Gasteiger partial charge in [-0.2, -0.15) is 13.2 Å². The molecule has 19 heavy (non-hydrogen) atoms. The van der Waals surface area contributed by atoms with Crippen LogP contribution in [0.15, 0.2) is 22.1 Å². The van der Waals surface area contributed by atoms with E-state index < -0.39 is 32.6 Å². The maximum atomic E-state index is 12.3. The molecule has 0 fully saturated rings. The standard InChI is InChI=1S/C10H13F3N2O2S2/c1-7(18(2)15-19(3,16)17)8-4-5-9(14-6-8)10(11,12)13/h4-7H,1-3H3. The third-order valence-electron chi connectivity index (χ3n) is 2.31. The Morgan fingerprint density at radius 1 is 1.37 bits per heavy atom. The van der Waals surface area contributed by atoms with Crippen LogP contribution in [0, 0.1) is 0 Å². The van der Waals surface area contributed by atoms with Crippen LogP contribution in [0.2, 0.25) is 0 Å². The normalized spacial score (nSPS) is 16.3. The number of aromatic nitrogens is 1. The van der Waals surface area contributed by atoms with Crippen molar-refractivity contribution in [1.29, 1.82) is 0 Å². The number of hydrogen-bond donors (Lipinski definition) is 0. The van der Waals surface area contributed by atoms with Gasteiger partial charge < -0.3 is 0 Å². The largest absolute Gasteiger partial charge is 0.433 e. The SMILES string of the molecule is CC(c1ccc(C(F)(F)F)nc1)S(C)=NS(C)(=O)=O. The summed E-state index contributed by atoms with van der Waals surface area (Å²) < 4.78 is 62.7. The van der Waals surface area contributed by atoms with E-state index in [9.17, 15) is 21.6 Å². The fourth-order valence-electron chi connectivity index (χ4n) is 1.29.